The summed E-state index contributed by atoms with van der Waals surface area (Å²) in [6.45, 7) is 4.30. The molecule has 2 atom stereocenters. The van der Waals surface area contributed by atoms with Crippen LogP contribution in [0, 0.1) is 17.7 Å². The number of hydrogen-bond acceptors (Lipinski definition) is 3. The van der Waals surface area contributed by atoms with Crippen LogP contribution in [0.2, 0.25) is 0 Å². The summed E-state index contributed by atoms with van der Waals surface area (Å²) >= 11 is 0. The molecule has 1 aromatic rings. The van der Waals surface area contributed by atoms with Gasteiger partial charge in [-0.1, -0.05) is 13.8 Å². The first kappa shape index (κ1) is 13.9. The molecule has 0 spiro atoms. The summed E-state index contributed by atoms with van der Waals surface area (Å²) in [5.74, 6) is 0.186. The van der Waals surface area contributed by atoms with E-state index in [0.717, 1.165) is 0 Å². The molecule has 2 unspecified atom stereocenters. The molecule has 0 bridgehead atoms. The number of hydrogen-bond donors (Lipinski definition) is 2. The van der Waals surface area contributed by atoms with E-state index in [4.69, 9.17) is 10.5 Å². The lowest BCUT2D eigenvalue weighted by Gasteiger charge is -2.26. The summed E-state index contributed by atoms with van der Waals surface area (Å²) in [6, 6.07) is 4.12. The van der Waals surface area contributed by atoms with Crippen LogP contribution < -0.4 is 10.5 Å². The molecule has 1 aromatic carbocycles. The first-order chi connectivity index (χ1) is 8.01. The minimum Gasteiger partial charge on any atom is -0.496 e. The Balaban J connectivity index is 3.08. The van der Waals surface area contributed by atoms with E-state index in [0.29, 0.717) is 17.9 Å². The van der Waals surface area contributed by atoms with Crippen LogP contribution in [0.25, 0.3) is 0 Å². The first-order valence-electron chi connectivity index (χ1n) is 5.72. The minimum atomic E-state index is -0.814. The Morgan fingerprint density at radius 2 is 2.06 bits per heavy atom. The minimum absolute atomic E-state index is 0.120. The number of methoxy groups -OCH3 is 1. The number of halogens is 1. The van der Waals surface area contributed by atoms with Crippen molar-refractivity contribution in [2.75, 3.05) is 13.7 Å². The van der Waals surface area contributed by atoms with Crippen LogP contribution in [0.4, 0.5) is 4.39 Å². The van der Waals surface area contributed by atoms with Crippen molar-refractivity contribution in [2.45, 2.75) is 20.0 Å². The Morgan fingerprint density at radius 3 is 2.53 bits per heavy atom. The Morgan fingerprint density at radius 1 is 1.41 bits per heavy atom. The first-order valence-corrected chi connectivity index (χ1v) is 5.72. The van der Waals surface area contributed by atoms with E-state index in [9.17, 15) is 9.50 Å². The second-order valence-corrected chi connectivity index (χ2v) is 4.47. The molecule has 96 valence electrons. The second-order valence-electron chi connectivity index (χ2n) is 4.47. The predicted molar refractivity (Wildman–Crippen MR) is 65.3 cm³/mol. The van der Waals surface area contributed by atoms with Gasteiger partial charge in [0.1, 0.15) is 11.6 Å². The fourth-order valence-electron chi connectivity index (χ4n) is 1.93. The number of rotatable bonds is 5. The summed E-state index contributed by atoms with van der Waals surface area (Å²) in [4.78, 5) is 0. The number of benzene rings is 1. The zero-order chi connectivity index (χ0) is 13.0. The zero-order valence-electron chi connectivity index (χ0n) is 10.5. The van der Waals surface area contributed by atoms with Gasteiger partial charge in [0.05, 0.1) is 13.2 Å². The molecule has 4 heteroatoms. The van der Waals surface area contributed by atoms with Gasteiger partial charge < -0.3 is 15.6 Å². The number of nitrogens with two attached hydrogens (primary N) is 1. The summed E-state index contributed by atoms with van der Waals surface area (Å²) < 4.78 is 18.3. The van der Waals surface area contributed by atoms with Crippen LogP contribution in [0.5, 0.6) is 5.75 Å². The van der Waals surface area contributed by atoms with E-state index in [2.05, 4.69) is 0 Å². The molecule has 0 aliphatic heterocycles. The van der Waals surface area contributed by atoms with E-state index >= 15 is 0 Å². The predicted octanol–water partition coefficient (Wildman–Crippen LogP) is 2.10. The van der Waals surface area contributed by atoms with E-state index in [1.807, 2.05) is 13.8 Å². The number of aliphatic hydroxyl groups excluding tert-OH is 1. The number of ether oxygens (including phenoxy) is 1. The normalized spacial score (nSPS) is 14.8. The van der Waals surface area contributed by atoms with Crippen LogP contribution in [-0.4, -0.2) is 18.8 Å². The van der Waals surface area contributed by atoms with Gasteiger partial charge in [-0.15, -0.1) is 0 Å². The largest absolute Gasteiger partial charge is 0.496 e. The molecule has 0 fully saturated rings. The highest BCUT2D eigenvalue weighted by Gasteiger charge is 2.25. The van der Waals surface area contributed by atoms with Gasteiger partial charge in [-0.05, 0) is 30.7 Å². The third kappa shape index (κ3) is 3.17. The molecule has 17 heavy (non-hydrogen) atoms. The Bertz CT molecular complexity index is 368. The third-order valence-electron chi connectivity index (χ3n) is 3.04. The lowest BCUT2D eigenvalue weighted by atomic mass is 9.86. The van der Waals surface area contributed by atoms with Crippen LogP contribution in [0.1, 0.15) is 25.5 Å². The van der Waals surface area contributed by atoms with Gasteiger partial charge in [-0.2, -0.15) is 0 Å². The molecule has 0 saturated heterocycles. The van der Waals surface area contributed by atoms with Crippen LogP contribution in [0.15, 0.2) is 18.2 Å². The highest BCUT2D eigenvalue weighted by atomic mass is 19.1. The molecule has 3 N–H and O–H groups in total. The van der Waals surface area contributed by atoms with E-state index in [1.54, 1.807) is 0 Å². The van der Waals surface area contributed by atoms with Gasteiger partial charge >= 0.3 is 0 Å². The van der Waals surface area contributed by atoms with Gasteiger partial charge in [0.2, 0.25) is 0 Å². The molecule has 0 aromatic heterocycles. The van der Waals surface area contributed by atoms with E-state index in [-0.39, 0.29) is 17.7 Å². The molecule has 0 amide bonds. The molecule has 0 aliphatic rings. The monoisotopic (exact) mass is 241 g/mol. The van der Waals surface area contributed by atoms with Crippen LogP contribution in [0.3, 0.4) is 0 Å². The van der Waals surface area contributed by atoms with Crippen molar-refractivity contribution in [2.24, 2.45) is 17.6 Å². The second kappa shape index (κ2) is 5.98. The van der Waals surface area contributed by atoms with E-state index < -0.39 is 6.10 Å². The Kier molecular flexibility index (Phi) is 4.90. The quantitative estimate of drug-likeness (QED) is 0.830. The van der Waals surface area contributed by atoms with Gasteiger partial charge in [-0.3, -0.25) is 0 Å². The van der Waals surface area contributed by atoms with Crippen LogP contribution >= 0.6 is 0 Å². The standard InChI is InChI=1S/C13H20FNO2/c1-8(2)11(7-15)13(16)10-6-9(14)4-5-12(10)17-3/h4-6,8,11,13,16H,7,15H2,1-3H3. The lowest BCUT2D eigenvalue weighted by Crippen LogP contribution is -2.27. The summed E-state index contributed by atoms with van der Waals surface area (Å²) in [5, 5.41) is 10.3. The fraction of sp³-hybridized carbons (Fsp3) is 0.538. The van der Waals surface area contributed by atoms with Crippen molar-refractivity contribution in [3.8, 4) is 5.75 Å². The third-order valence-corrected chi connectivity index (χ3v) is 3.04. The molecule has 0 saturated carbocycles. The summed E-state index contributed by atoms with van der Waals surface area (Å²) in [5.41, 5.74) is 6.10. The molecule has 0 radical (unpaired) electrons. The van der Waals surface area contributed by atoms with Gasteiger partial charge in [0.15, 0.2) is 0 Å². The average Bonchev–Trinajstić information content (AvgIpc) is 2.29. The Hall–Kier alpha value is -1.13. The van der Waals surface area contributed by atoms with Crippen LogP contribution in [-0.2, 0) is 0 Å². The van der Waals surface area contributed by atoms with E-state index in [1.165, 1.54) is 25.3 Å². The molecule has 1 rings (SSSR count). The van der Waals surface area contributed by atoms with Gasteiger partial charge in [-0.25, -0.2) is 4.39 Å². The van der Waals surface area contributed by atoms with Crippen molar-refractivity contribution >= 4 is 0 Å². The van der Waals surface area contributed by atoms with Crippen molar-refractivity contribution in [1.29, 1.82) is 0 Å². The van der Waals surface area contributed by atoms with Gasteiger partial charge in [0, 0.05) is 11.5 Å². The zero-order valence-corrected chi connectivity index (χ0v) is 10.5. The summed E-state index contributed by atoms with van der Waals surface area (Å²) in [6.07, 6.45) is -0.814. The molecular formula is C13H20FNO2. The molecule has 0 aliphatic carbocycles. The maximum atomic E-state index is 13.2. The van der Waals surface area contributed by atoms with Crippen molar-refractivity contribution in [1.82, 2.24) is 0 Å². The maximum Gasteiger partial charge on any atom is 0.124 e. The highest BCUT2D eigenvalue weighted by Crippen LogP contribution is 2.33. The Labute approximate surface area is 101 Å². The smallest absolute Gasteiger partial charge is 0.124 e. The number of aliphatic hydroxyl groups is 1. The maximum absolute atomic E-state index is 13.2. The summed E-state index contributed by atoms with van der Waals surface area (Å²) in [7, 11) is 1.50. The topological polar surface area (TPSA) is 55.5 Å². The van der Waals surface area contributed by atoms with Gasteiger partial charge in [0.25, 0.3) is 0 Å². The fourth-order valence-corrected chi connectivity index (χ4v) is 1.93. The highest BCUT2D eigenvalue weighted by molar-refractivity contribution is 5.36. The molecule has 0 heterocycles. The lowest BCUT2D eigenvalue weighted by molar-refractivity contribution is 0.0833. The SMILES string of the molecule is COc1ccc(F)cc1C(O)C(CN)C(C)C. The van der Waals surface area contributed by atoms with Crippen molar-refractivity contribution < 1.29 is 14.2 Å². The van der Waals surface area contributed by atoms with Crippen molar-refractivity contribution in [3.63, 3.8) is 0 Å². The molecule has 3 nitrogen and oxygen atoms in total. The van der Waals surface area contributed by atoms with Crippen molar-refractivity contribution in [3.05, 3.63) is 29.6 Å². The molecular weight excluding hydrogens is 221 g/mol. The average molecular weight is 241 g/mol.